The first kappa shape index (κ1) is 59.7. The highest BCUT2D eigenvalue weighted by molar-refractivity contribution is 7.71. The maximum Gasteiger partial charge on any atom is 0.309 e. The average Bonchev–Trinajstić information content (AvgIpc) is 2.04. The van der Waals surface area contributed by atoms with Crippen molar-refractivity contribution >= 4 is 106 Å². The molecule has 456 valence electrons. The highest BCUT2D eigenvalue weighted by Crippen LogP contribution is 2.58. The Morgan fingerprint density at radius 1 is 0.523 bits per heavy atom. The zero-order valence-corrected chi connectivity index (χ0v) is 48.0. The molecule has 4 heterocycles. The van der Waals surface area contributed by atoms with E-state index >= 15 is 0 Å². The van der Waals surface area contributed by atoms with Gasteiger partial charge in [-0.15, -0.1) is 10.2 Å². The first-order valence-corrected chi connectivity index (χ1v) is 28.5. The van der Waals surface area contributed by atoms with E-state index in [1.807, 2.05) is 0 Å². The number of hydrogen-bond acceptors (Lipinski definition) is 20. The molecule has 14 N–H and O–H groups in total. The number of carboxylic acid groups (broad SMARTS) is 2. The van der Waals surface area contributed by atoms with Gasteiger partial charge in [0.25, 0.3) is 56.9 Å². The molecule has 6 fully saturated rings. The fraction of sp³-hybridized carbons (Fsp3) is 0.357. The number of nitrogens with zero attached hydrogens (tertiary/aromatic N) is 6. The molecule has 32 heteroatoms. The maximum absolute atomic E-state index is 14.4. The standard InChI is InChI=1S/2C28H27FN8O6S/c29-14-2-1-13(9-15(14)33-19-18(30)20(38)21(19)39)11-31-23(41)17-10-16(34-25-35-36-26(44)37(17)25)22(40)32-12-27-3-6-28(7-4-27,8-5-27)24(42)43;29-14-2-1-13(9-15(14)33-19-18(30)20(38)21(19)39)11-31-22(40)16-10-17(37-25(34-16)35-36-26(37)44)23(41)32-12-27-3-6-28(7-4-27,8-5-27)24(42)43/h1-2,9-10,33H,3-8,11-12,30H2,(H,31,41)(H,32,40)(H,36,44)(H,42,43);1-2,9-10,33H,3-8,11-12,30H2,(H,31,40)(H,32,41)(H,36,44)(H,42,43). The van der Waals surface area contributed by atoms with E-state index in [0.29, 0.717) is 101 Å². The number of benzene rings is 2. The van der Waals surface area contributed by atoms with E-state index in [1.165, 1.54) is 45.2 Å². The van der Waals surface area contributed by atoms with Crippen LogP contribution in [0.25, 0.3) is 11.6 Å². The quantitative estimate of drug-likeness (QED) is 0.0428. The van der Waals surface area contributed by atoms with Crippen molar-refractivity contribution in [3.05, 3.63) is 145 Å². The van der Waals surface area contributed by atoms with Crippen LogP contribution in [0, 0.1) is 42.8 Å². The number of fused-ring (bicyclic) bond motifs is 8. The molecule has 0 saturated heterocycles. The summed E-state index contributed by atoms with van der Waals surface area (Å²) in [5.74, 6) is -5.18. The third-order valence-corrected chi connectivity index (χ3v) is 18.6. The Kier molecular flexibility index (Phi) is 15.4. The van der Waals surface area contributed by atoms with E-state index in [9.17, 15) is 66.9 Å². The summed E-state index contributed by atoms with van der Waals surface area (Å²) in [5, 5.41) is 48.7. The van der Waals surface area contributed by atoms with Gasteiger partial charge in [-0.25, -0.2) is 37.7 Å². The van der Waals surface area contributed by atoms with Crippen molar-refractivity contribution in [2.75, 3.05) is 35.2 Å². The molecule has 0 radical (unpaired) electrons. The van der Waals surface area contributed by atoms with Crippen LogP contribution in [0.5, 0.6) is 0 Å². The summed E-state index contributed by atoms with van der Waals surface area (Å²) in [4.78, 5) is 131. The minimum Gasteiger partial charge on any atom is -0.481 e. The normalized spacial score (nSPS) is 20.9. The van der Waals surface area contributed by atoms with Crippen LogP contribution >= 0.6 is 24.4 Å². The largest absolute Gasteiger partial charge is 0.481 e. The number of carboxylic acids is 2. The molecule has 4 aromatic heterocycles. The maximum atomic E-state index is 14.4. The Morgan fingerprint density at radius 2 is 0.875 bits per heavy atom. The predicted molar refractivity (Wildman–Crippen MR) is 315 cm³/mol. The molecule has 0 atom stereocenters. The lowest BCUT2D eigenvalue weighted by Crippen LogP contribution is -2.50. The van der Waals surface area contributed by atoms with Gasteiger partial charge < -0.3 is 53.6 Å². The minimum absolute atomic E-state index is 0.00591. The van der Waals surface area contributed by atoms with E-state index in [0.717, 1.165) is 12.1 Å². The summed E-state index contributed by atoms with van der Waals surface area (Å²) in [7, 11) is 0. The Hall–Kier alpha value is -9.98. The summed E-state index contributed by atoms with van der Waals surface area (Å²) in [6.45, 7) is 0.552. The topological polar surface area (TPSA) is 427 Å². The number of carbonyl (C=O) groups excluding carboxylic acids is 4. The zero-order valence-electron chi connectivity index (χ0n) is 46.3. The van der Waals surface area contributed by atoms with Gasteiger partial charge in [0.05, 0.1) is 22.2 Å². The van der Waals surface area contributed by atoms with Crippen molar-refractivity contribution in [3.8, 4) is 0 Å². The SMILES string of the molecule is Nc1c(Nc2cc(CNC(=O)c3cc(C(=O)NCC45CCC(C(=O)O)(CC4)CC5)n4c(=S)[nH]nc4n3)ccc2F)c(=O)c1=O.Nc1c(Nc2cc(CNC(=O)c3cc(C(=O)NCC45CCC(C(=O)O)(CC4)CC5)nc4n[nH]c(=S)n34)ccc2F)c(=O)c1=O. The number of hydrogen-bond donors (Lipinski definition) is 12. The monoisotopic (exact) mass is 1240 g/mol. The fourth-order valence-corrected chi connectivity index (χ4v) is 12.7. The van der Waals surface area contributed by atoms with Crippen molar-refractivity contribution in [2.45, 2.75) is 90.1 Å². The molecule has 0 spiro atoms. The lowest BCUT2D eigenvalue weighted by Gasteiger charge is -2.51. The van der Waals surface area contributed by atoms with Gasteiger partial charge in [-0.1, -0.05) is 12.1 Å². The number of anilines is 6. The van der Waals surface area contributed by atoms with Gasteiger partial charge in [0.2, 0.25) is 9.54 Å². The summed E-state index contributed by atoms with van der Waals surface area (Å²) in [5.41, 5.74) is 5.50. The second kappa shape index (κ2) is 22.7. The molecule has 0 unspecified atom stereocenters. The summed E-state index contributed by atoms with van der Waals surface area (Å²) in [6.07, 6.45) is 7.66. The van der Waals surface area contributed by atoms with E-state index in [-0.39, 0.29) is 102 Å². The van der Waals surface area contributed by atoms with Gasteiger partial charge in [0.15, 0.2) is 0 Å². The molecule has 8 aromatic rings. The highest BCUT2D eigenvalue weighted by Gasteiger charge is 2.54. The number of nitrogens with one attached hydrogen (secondary N) is 8. The average molecular weight is 1250 g/mol. The summed E-state index contributed by atoms with van der Waals surface area (Å²) in [6, 6.07) is 10.4. The van der Waals surface area contributed by atoms with E-state index in [1.54, 1.807) is 0 Å². The molecule has 6 aliphatic rings. The highest BCUT2D eigenvalue weighted by atomic mass is 32.1. The molecule has 14 rings (SSSR count). The minimum atomic E-state index is -0.851. The molecule has 4 bridgehead atoms. The number of aromatic nitrogens is 8. The Bertz CT molecular complexity index is 4510. The molecular weight excluding hydrogens is 1190 g/mol. The Morgan fingerprint density at radius 3 is 1.25 bits per heavy atom. The van der Waals surface area contributed by atoms with Gasteiger partial charge in [-0.3, -0.25) is 47.9 Å². The second-order valence-electron chi connectivity index (χ2n) is 23.1. The second-order valence-corrected chi connectivity index (χ2v) is 23.8. The summed E-state index contributed by atoms with van der Waals surface area (Å²) >= 11 is 10.5. The first-order valence-electron chi connectivity index (χ1n) is 27.7. The smallest absolute Gasteiger partial charge is 0.309 e. The van der Waals surface area contributed by atoms with E-state index in [2.05, 4.69) is 62.3 Å². The number of nitrogens with two attached hydrogens (primary N) is 2. The Balaban J connectivity index is 0.000000182. The lowest BCUT2D eigenvalue weighted by molar-refractivity contribution is -0.159. The van der Waals surface area contributed by atoms with Gasteiger partial charge >= 0.3 is 11.9 Å². The molecule has 6 aliphatic carbocycles. The zero-order chi connectivity index (χ0) is 62.8. The molecule has 6 saturated carbocycles. The number of halogens is 2. The van der Waals surface area contributed by atoms with Crippen LogP contribution in [0.2, 0.25) is 0 Å². The summed E-state index contributed by atoms with van der Waals surface area (Å²) < 4.78 is 31.5. The predicted octanol–water partition coefficient (Wildman–Crippen LogP) is 3.87. The van der Waals surface area contributed by atoms with Crippen LogP contribution in [0.4, 0.5) is 42.9 Å². The van der Waals surface area contributed by atoms with Crippen molar-refractivity contribution in [2.24, 2.45) is 21.7 Å². The number of H-pyrrole nitrogens is 2. The number of aliphatic carboxylic acids is 2. The third-order valence-electron chi connectivity index (χ3n) is 18.0. The molecule has 4 aromatic carbocycles. The van der Waals surface area contributed by atoms with Crippen LogP contribution in [0.15, 0.2) is 67.7 Å². The number of aromatic amines is 2. The van der Waals surface area contributed by atoms with Gasteiger partial charge in [0.1, 0.15) is 57.2 Å². The van der Waals surface area contributed by atoms with Crippen LogP contribution in [-0.4, -0.2) is 98.0 Å². The van der Waals surface area contributed by atoms with Crippen LogP contribution < -0.4 is 65.1 Å². The Labute approximate surface area is 503 Å². The fourth-order valence-electron chi connectivity index (χ4n) is 12.2. The van der Waals surface area contributed by atoms with Crippen LogP contribution in [0.1, 0.15) is 130 Å². The lowest BCUT2D eigenvalue weighted by atomic mass is 9.53. The number of carbonyl (C=O) groups is 6. The van der Waals surface area contributed by atoms with Gasteiger partial charge in [-0.05, 0) is 160 Å². The van der Waals surface area contributed by atoms with Crippen LogP contribution in [0.3, 0.4) is 0 Å². The third kappa shape index (κ3) is 10.9. The van der Waals surface area contributed by atoms with Crippen molar-refractivity contribution in [3.63, 3.8) is 0 Å². The van der Waals surface area contributed by atoms with Gasteiger partial charge in [0, 0.05) is 26.2 Å². The number of rotatable bonds is 18. The van der Waals surface area contributed by atoms with E-state index in [4.69, 9.17) is 35.9 Å². The van der Waals surface area contributed by atoms with E-state index < -0.39 is 79.7 Å². The van der Waals surface area contributed by atoms with Gasteiger partial charge in [-0.2, -0.15) is 0 Å². The van der Waals surface area contributed by atoms with Crippen molar-refractivity contribution < 1.29 is 47.8 Å². The van der Waals surface area contributed by atoms with Crippen molar-refractivity contribution in [1.29, 1.82) is 0 Å². The molecule has 0 aliphatic heterocycles. The van der Waals surface area contributed by atoms with Crippen LogP contribution in [-0.2, 0) is 22.7 Å². The molecular formula is C56H54F2N16O12S2. The van der Waals surface area contributed by atoms with Crippen molar-refractivity contribution in [1.82, 2.24) is 60.4 Å². The molecule has 28 nitrogen and oxygen atoms in total. The number of amides is 4. The first-order chi connectivity index (χ1) is 41.8. The molecule has 88 heavy (non-hydrogen) atoms. The number of nitrogen functional groups attached to an aromatic ring is 2. The molecule has 4 amide bonds.